The molecule has 20 heavy (non-hydrogen) atoms. The molecule has 0 fully saturated rings. The van der Waals surface area contributed by atoms with E-state index in [2.05, 4.69) is 5.32 Å². The molecule has 0 amide bonds. The molecule has 0 radical (unpaired) electrons. The summed E-state index contributed by atoms with van der Waals surface area (Å²) in [6.45, 7) is 3.71. The van der Waals surface area contributed by atoms with Gasteiger partial charge in [0.15, 0.2) is 0 Å². The zero-order valence-corrected chi connectivity index (χ0v) is 11.8. The second kappa shape index (κ2) is 7.68. The third-order valence-electron chi connectivity index (χ3n) is 2.94. The van der Waals surface area contributed by atoms with Gasteiger partial charge in [0.2, 0.25) is 0 Å². The Bertz CT molecular complexity index is 494. The van der Waals surface area contributed by atoms with Gasteiger partial charge in [-0.1, -0.05) is 42.5 Å². The molecular weight excluding hydrogens is 250 g/mol. The van der Waals surface area contributed by atoms with E-state index in [1.807, 2.05) is 54.6 Å². The van der Waals surface area contributed by atoms with Crippen molar-refractivity contribution in [2.75, 3.05) is 6.54 Å². The Morgan fingerprint density at radius 1 is 1.00 bits per heavy atom. The lowest BCUT2D eigenvalue weighted by atomic mass is 10.2. The molecule has 2 aromatic rings. The van der Waals surface area contributed by atoms with Crippen molar-refractivity contribution in [3.8, 4) is 5.75 Å². The predicted octanol–water partition coefficient (Wildman–Crippen LogP) is 2.74. The molecule has 0 aromatic heterocycles. The Balaban J connectivity index is 1.79. The zero-order chi connectivity index (χ0) is 14.2. The third kappa shape index (κ3) is 5.03. The molecule has 0 aliphatic heterocycles. The normalized spacial score (nSPS) is 12.1. The molecule has 2 rings (SSSR count). The topological polar surface area (TPSA) is 41.5 Å². The molecular formula is C17H21NO2. The minimum Gasteiger partial charge on any atom is -0.489 e. The molecule has 0 aliphatic carbocycles. The standard InChI is InChI=1S/C17H21NO2/c1-14(19)11-18-12-15-7-9-17(10-8-15)20-13-16-5-3-2-4-6-16/h2-10,14,18-19H,11-13H2,1H3/t14-/m0/s1. The smallest absolute Gasteiger partial charge is 0.119 e. The number of aliphatic hydroxyl groups is 1. The molecule has 0 bridgehead atoms. The van der Waals surface area contributed by atoms with E-state index in [1.165, 1.54) is 5.56 Å². The van der Waals surface area contributed by atoms with Crippen LogP contribution in [-0.4, -0.2) is 17.8 Å². The monoisotopic (exact) mass is 271 g/mol. The highest BCUT2D eigenvalue weighted by Crippen LogP contribution is 2.14. The summed E-state index contributed by atoms with van der Waals surface area (Å²) in [5, 5.41) is 12.4. The molecule has 0 saturated carbocycles. The summed E-state index contributed by atoms with van der Waals surface area (Å²) in [7, 11) is 0. The first-order chi connectivity index (χ1) is 9.74. The van der Waals surface area contributed by atoms with Gasteiger partial charge in [0, 0.05) is 13.1 Å². The van der Waals surface area contributed by atoms with Gasteiger partial charge in [-0.25, -0.2) is 0 Å². The molecule has 2 N–H and O–H groups in total. The van der Waals surface area contributed by atoms with Crippen LogP contribution < -0.4 is 10.1 Å². The van der Waals surface area contributed by atoms with Crippen molar-refractivity contribution < 1.29 is 9.84 Å². The minimum atomic E-state index is -0.316. The van der Waals surface area contributed by atoms with E-state index in [-0.39, 0.29) is 6.10 Å². The van der Waals surface area contributed by atoms with Gasteiger partial charge in [0.1, 0.15) is 12.4 Å². The lowest BCUT2D eigenvalue weighted by molar-refractivity contribution is 0.191. The number of hydrogen-bond donors (Lipinski definition) is 2. The lowest BCUT2D eigenvalue weighted by Gasteiger charge is -2.09. The molecule has 0 heterocycles. The Morgan fingerprint density at radius 2 is 1.70 bits per heavy atom. The predicted molar refractivity (Wildman–Crippen MR) is 80.6 cm³/mol. The maximum atomic E-state index is 9.17. The van der Waals surface area contributed by atoms with Crippen molar-refractivity contribution in [2.24, 2.45) is 0 Å². The van der Waals surface area contributed by atoms with E-state index in [9.17, 15) is 5.11 Å². The van der Waals surface area contributed by atoms with Crippen molar-refractivity contribution >= 4 is 0 Å². The highest BCUT2D eigenvalue weighted by Gasteiger charge is 1.98. The SMILES string of the molecule is C[C@H](O)CNCc1ccc(OCc2ccccc2)cc1. The molecule has 0 aliphatic rings. The van der Waals surface area contributed by atoms with Crippen molar-refractivity contribution in [3.63, 3.8) is 0 Å². The van der Waals surface area contributed by atoms with Crippen LogP contribution >= 0.6 is 0 Å². The Hall–Kier alpha value is -1.84. The summed E-state index contributed by atoms with van der Waals surface area (Å²) in [5.41, 5.74) is 2.34. The summed E-state index contributed by atoms with van der Waals surface area (Å²) in [6.07, 6.45) is -0.316. The van der Waals surface area contributed by atoms with Gasteiger partial charge in [-0.3, -0.25) is 0 Å². The van der Waals surface area contributed by atoms with E-state index < -0.39 is 0 Å². The fourth-order valence-corrected chi connectivity index (χ4v) is 1.87. The largest absolute Gasteiger partial charge is 0.489 e. The Labute approximate surface area is 120 Å². The van der Waals surface area contributed by atoms with E-state index in [0.29, 0.717) is 13.2 Å². The van der Waals surface area contributed by atoms with E-state index in [0.717, 1.165) is 17.9 Å². The first kappa shape index (κ1) is 14.6. The van der Waals surface area contributed by atoms with Gasteiger partial charge in [0.05, 0.1) is 6.10 Å². The first-order valence-electron chi connectivity index (χ1n) is 6.88. The molecule has 1 atom stereocenters. The number of nitrogens with one attached hydrogen (secondary N) is 1. The quantitative estimate of drug-likeness (QED) is 0.813. The number of ether oxygens (including phenoxy) is 1. The van der Waals surface area contributed by atoms with Crippen molar-refractivity contribution in [1.82, 2.24) is 5.32 Å². The van der Waals surface area contributed by atoms with E-state index >= 15 is 0 Å². The van der Waals surface area contributed by atoms with Crippen molar-refractivity contribution in [3.05, 3.63) is 65.7 Å². The summed E-state index contributed by atoms with van der Waals surface area (Å²) in [5.74, 6) is 0.869. The van der Waals surface area contributed by atoms with E-state index in [1.54, 1.807) is 6.92 Å². The Kier molecular flexibility index (Phi) is 5.59. The van der Waals surface area contributed by atoms with Crippen LogP contribution in [0.25, 0.3) is 0 Å². The van der Waals surface area contributed by atoms with Crippen molar-refractivity contribution in [1.29, 1.82) is 0 Å². The molecule has 3 nitrogen and oxygen atoms in total. The van der Waals surface area contributed by atoms with Crippen LogP contribution in [0.15, 0.2) is 54.6 Å². The molecule has 3 heteroatoms. The van der Waals surface area contributed by atoms with Crippen molar-refractivity contribution in [2.45, 2.75) is 26.2 Å². The lowest BCUT2D eigenvalue weighted by Crippen LogP contribution is -2.23. The highest BCUT2D eigenvalue weighted by atomic mass is 16.5. The number of hydrogen-bond acceptors (Lipinski definition) is 3. The number of benzene rings is 2. The van der Waals surface area contributed by atoms with Crippen LogP contribution in [0.4, 0.5) is 0 Å². The van der Waals surface area contributed by atoms with Crippen LogP contribution in [0, 0.1) is 0 Å². The van der Waals surface area contributed by atoms with Gasteiger partial charge in [-0.15, -0.1) is 0 Å². The molecule has 0 unspecified atom stereocenters. The summed E-state index contributed by atoms with van der Waals surface area (Å²) >= 11 is 0. The van der Waals surface area contributed by atoms with Crippen LogP contribution in [-0.2, 0) is 13.2 Å². The van der Waals surface area contributed by atoms with Gasteiger partial charge in [-0.05, 0) is 30.2 Å². The van der Waals surface area contributed by atoms with Gasteiger partial charge in [-0.2, -0.15) is 0 Å². The van der Waals surface area contributed by atoms with Crippen LogP contribution in [0.2, 0.25) is 0 Å². The van der Waals surface area contributed by atoms with Gasteiger partial charge >= 0.3 is 0 Å². The number of aliphatic hydroxyl groups excluding tert-OH is 1. The van der Waals surface area contributed by atoms with Crippen LogP contribution in [0.1, 0.15) is 18.1 Å². The van der Waals surface area contributed by atoms with Crippen LogP contribution in [0.5, 0.6) is 5.75 Å². The first-order valence-corrected chi connectivity index (χ1v) is 6.88. The van der Waals surface area contributed by atoms with E-state index in [4.69, 9.17) is 4.74 Å². The fourth-order valence-electron chi connectivity index (χ4n) is 1.87. The fraction of sp³-hybridized carbons (Fsp3) is 0.294. The second-order valence-corrected chi connectivity index (χ2v) is 4.90. The van der Waals surface area contributed by atoms with Gasteiger partial charge in [0.25, 0.3) is 0 Å². The molecule has 0 spiro atoms. The maximum absolute atomic E-state index is 9.17. The molecule has 106 valence electrons. The average Bonchev–Trinajstić information content (AvgIpc) is 2.47. The maximum Gasteiger partial charge on any atom is 0.119 e. The highest BCUT2D eigenvalue weighted by molar-refractivity contribution is 5.27. The Morgan fingerprint density at radius 3 is 2.35 bits per heavy atom. The zero-order valence-electron chi connectivity index (χ0n) is 11.8. The average molecular weight is 271 g/mol. The third-order valence-corrected chi connectivity index (χ3v) is 2.94. The minimum absolute atomic E-state index is 0.316. The summed E-state index contributed by atoms with van der Waals surface area (Å²) in [6, 6.07) is 18.1. The molecule has 2 aromatic carbocycles. The second-order valence-electron chi connectivity index (χ2n) is 4.90. The summed E-state index contributed by atoms with van der Waals surface area (Å²) in [4.78, 5) is 0. The molecule has 0 saturated heterocycles. The van der Waals surface area contributed by atoms with Gasteiger partial charge < -0.3 is 15.2 Å². The van der Waals surface area contributed by atoms with Crippen LogP contribution in [0.3, 0.4) is 0 Å². The summed E-state index contributed by atoms with van der Waals surface area (Å²) < 4.78 is 5.73. The number of rotatable bonds is 7.